The Hall–Kier alpha value is -1.83. The molecule has 2 aromatic rings. The van der Waals surface area contributed by atoms with Gasteiger partial charge in [-0.05, 0) is 25.1 Å². The van der Waals surface area contributed by atoms with Gasteiger partial charge in [0.1, 0.15) is 16.7 Å². The zero-order chi connectivity index (χ0) is 13.7. The van der Waals surface area contributed by atoms with E-state index in [1.807, 2.05) is 30.3 Å². The molecular weight excluding hydrogens is 256 g/mol. The molecule has 0 aliphatic rings. The fraction of sp³-hybridized carbons (Fsp3) is 0.267. The molecule has 0 radical (unpaired) electrons. The first-order valence-electron chi connectivity index (χ1n) is 6.09. The van der Waals surface area contributed by atoms with Crippen molar-refractivity contribution in [2.24, 2.45) is 0 Å². The maximum absolute atomic E-state index is 8.80. The minimum Gasteiger partial charge on any atom is -0.496 e. The van der Waals surface area contributed by atoms with Crippen molar-refractivity contribution in [1.29, 1.82) is 5.26 Å². The molecule has 0 bridgehead atoms. The van der Waals surface area contributed by atoms with Crippen molar-refractivity contribution in [3.8, 4) is 11.8 Å². The van der Waals surface area contributed by atoms with E-state index in [4.69, 9.17) is 10.00 Å². The number of nitrogens with zero attached hydrogens (tertiary/aromatic N) is 1. The summed E-state index contributed by atoms with van der Waals surface area (Å²) in [7, 11) is 1.68. The van der Waals surface area contributed by atoms with Crippen LogP contribution in [0.4, 0.5) is 0 Å². The van der Waals surface area contributed by atoms with Crippen LogP contribution in [0.3, 0.4) is 0 Å². The number of methoxy groups -OCH3 is 1. The van der Waals surface area contributed by atoms with E-state index < -0.39 is 0 Å². The molecule has 2 rings (SSSR count). The molecule has 0 unspecified atom stereocenters. The van der Waals surface area contributed by atoms with Crippen LogP contribution in [-0.2, 0) is 6.54 Å². The van der Waals surface area contributed by atoms with Crippen molar-refractivity contribution >= 4 is 11.3 Å². The van der Waals surface area contributed by atoms with E-state index in [0.717, 1.165) is 22.7 Å². The number of nitriles is 1. The Morgan fingerprint density at radius 3 is 2.79 bits per heavy atom. The van der Waals surface area contributed by atoms with Gasteiger partial charge in [0.15, 0.2) is 0 Å². The van der Waals surface area contributed by atoms with Gasteiger partial charge in [0, 0.05) is 23.0 Å². The monoisotopic (exact) mass is 272 g/mol. The SMILES string of the molecule is COc1ccccc1[C@H](C)NCc1ccc(C#N)s1. The van der Waals surface area contributed by atoms with Gasteiger partial charge in [-0.3, -0.25) is 0 Å². The number of para-hydroxylation sites is 1. The number of hydrogen-bond acceptors (Lipinski definition) is 4. The van der Waals surface area contributed by atoms with Crippen LogP contribution in [0, 0.1) is 11.3 Å². The predicted octanol–water partition coefficient (Wildman–Crippen LogP) is 3.48. The number of benzene rings is 1. The average Bonchev–Trinajstić information content (AvgIpc) is 2.92. The molecule has 0 saturated carbocycles. The second-order valence-corrected chi connectivity index (χ2v) is 5.39. The number of rotatable bonds is 5. The van der Waals surface area contributed by atoms with Crippen molar-refractivity contribution in [3.63, 3.8) is 0 Å². The Balaban J connectivity index is 2.01. The van der Waals surface area contributed by atoms with E-state index in [2.05, 4.69) is 24.4 Å². The molecule has 0 spiro atoms. The normalized spacial score (nSPS) is 11.8. The summed E-state index contributed by atoms with van der Waals surface area (Å²) in [5.41, 5.74) is 1.14. The lowest BCUT2D eigenvalue weighted by molar-refractivity contribution is 0.401. The number of hydrogen-bond donors (Lipinski definition) is 1. The molecule has 1 N–H and O–H groups in total. The van der Waals surface area contributed by atoms with Gasteiger partial charge < -0.3 is 10.1 Å². The third-order valence-electron chi connectivity index (χ3n) is 2.96. The number of nitrogens with one attached hydrogen (secondary N) is 1. The minimum absolute atomic E-state index is 0.198. The summed E-state index contributed by atoms with van der Waals surface area (Å²) in [6.07, 6.45) is 0. The highest BCUT2D eigenvalue weighted by atomic mass is 32.1. The smallest absolute Gasteiger partial charge is 0.123 e. The maximum Gasteiger partial charge on any atom is 0.123 e. The summed E-state index contributed by atoms with van der Waals surface area (Å²) in [4.78, 5) is 1.92. The molecule has 1 aromatic carbocycles. The Labute approximate surface area is 117 Å². The van der Waals surface area contributed by atoms with Crippen LogP contribution < -0.4 is 10.1 Å². The summed E-state index contributed by atoms with van der Waals surface area (Å²) < 4.78 is 5.36. The molecule has 98 valence electrons. The Kier molecular flexibility index (Phi) is 4.56. The van der Waals surface area contributed by atoms with Crippen molar-refractivity contribution in [2.75, 3.05) is 7.11 Å². The third kappa shape index (κ3) is 3.34. The van der Waals surface area contributed by atoms with Crippen molar-refractivity contribution in [3.05, 3.63) is 51.7 Å². The van der Waals surface area contributed by atoms with Gasteiger partial charge in [-0.25, -0.2) is 0 Å². The summed E-state index contributed by atoms with van der Waals surface area (Å²) in [6, 6.07) is 14.2. The van der Waals surface area contributed by atoms with Crippen molar-refractivity contribution < 1.29 is 4.74 Å². The van der Waals surface area contributed by atoms with E-state index in [0.29, 0.717) is 0 Å². The molecule has 1 aromatic heterocycles. The average molecular weight is 272 g/mol. The first-order chi connectivity index (χ1) is 9.24. The van der Waals surface area contributed by atoms with Crippen LogP contribution in [0.5, 0.6) is 5.75 Å². The van der Waals surface area contributed by atoms with Crippen LogP contribution in [-0.4, -0.2) is 7.11 Å². The lowest BCUT2D eigenvalue weighted by Gasteiger charge is -2.16. The molecule has 0 aliphatic heterocycles. The molecule has 1 heterocycles. The van der Waals surface area contributed by atoms with Crippen molar-refractivity contribution in [2.45, 2.75) is 19.5 Å². The summed E-state index contributed by atoms with van der Waals surface area (Å²) in [5.74, 6) is 0.895. The minimum atomic E-state index is 0.198. The lowest BCUT2D eigenvalue weighted by atomic mass is 10.1. The Morgan fingerprint density at radius 2 is 2.11 bits per heavy atom. The highest BCUT2D eigenvalue weighted by Crippen LogP contribution is 2.25. The largest absolute Gasteiger partial charge is 0.496 e. The predicted molar refractivity (Wildman–Crippen MR) is 77.3 cm³/mol. The van der Waals surface area contributed by atoms with Crippen LogP contribution >= 0.6 is 11.3 Å². The van der Waals surface area contributed by atoms with E-state index in [-0.39, 0.29) is 6.04 Å². The van der Waals surface area contributed by atoms with Gasteiger partial charge >= 0.3 is 0 Å². The highest BCUT2D eigenvalue weighted by molar-refractivity contribution is 7.12. The molecule has 0 fully saturated rings. The molecule has 1 atom stereocenters. The molecule has 0 aliphatic carbocycles. The lowest BCUT2D eigenvalue weighted by Crippen LogP contribution is -2.18. The Bertz CT molecular complexity index is 586. The fourth-order valence-corrected chi connectivity index (χ4v) is 2.68. The van der Waals surface area contributed by atoms with Gasteiger partial charge in [0.2, 0.25) is 0 Å². The van der Waals surface area contributed by atoms with E-state index >= 15 is 0 Å². The first-order valence-corrected chi connectivity index (χ1v) is 6.91. The van der Waals surface area contributed by atoms with Gasteiger partial charge in [-0.2, -0.15) is 5.26 Å². The maximum atomic E-state index is 8.80. The van der Waals surface area contributed by atoms with Gasteiger partial charge in [-0.15, -0.1) is 11.3 Å². The zero-order valence-electron chi connectivity index (χ0n) is 11.0. The number of ether oxygens (including phenoxy) is 1. The molecule has 19 heavy (non-hydrogen) atoms. The second-order valence-electron chi connectivity index (χ2n) is 4.22. The third-order valence-corrected chi connectivity index (χ3v) is 3.95. The van der Waals surface area contributed by atoms with Gasteiger partial charge in [0.25, 0.3) is 0 Å². The first kappa shape index (κ1) is 13.6. The molecule has 3 nitrogen and oxygen atoms in total. The second kappa shape index (κ2) is 6.37. The molecule has 4 heteroatoms. The molecular formula is C15H16N2OS. The van der Waals surface area contributed by atoms with Crippen LogP contribution in [0.15, 0.2) is 36.4 Å². The van der Waals surface area contributed by atoms with E-state index in [9.17, 15) is 0 Å². The van der Waals surface area contributed by atoms with Crippen LogP contribution in [0.1, 0.15) is 28.3 Å². The Morgan fingerprint density at radius 1 is 1.32 bits per heavy atom. The molecule has 0 amide bonds. The standard InChI is InChI=1S/C15H16N2OS/c1-11(14-5-3-4-6-15(14)18-2)17-10-13-8-7-12(9-16)19-13/h3-8,11,17H,10H2,1-2H3/t11-/m0/s1. The van der Waals surface area contributed by atoms with Gasteiger partial charge in [-0.1, -0.05) is 18.2 Å². The van der Waals surface area contributed by atoms with E-state index in [1.165, 1.54) is 16.2 Å². The topological polar surface area (TPSA) is 45.0 Å². The van der Waals surface area contributed by atoms with Crippen LogP contribution in [0.2, 0.25) is 0 Å². The van der Waals surface area contributed by atoms with Crippen LogP contribution in [0.25, 0.3) is 0 Å². The molecule has 0 saturated heterocycles. The number of thiophene rings is 1. The fourth-order valence-electron chi connectivity index (χ4n) is 1.92. The van der Waals surface area contributed by atoms with Gasteiger partial charge in [0.05, 0.1) is 7.11 Å². The summed E-state index contributed by atoms with van der Waals surface area (Å²) >= 11 is 1.53. The van der Waals surface area contributed by atoms with Crippen molar-refractivity contribution in [1.82, 2.24) is 5.32 Å². The summed E-state index contributed by atoms with van der Waals surface area (Å²) in [5, 5.41) is 12.2. The zero-order valence-corrected chi connectivity index (χ0v) is 11.8. The summed E-state index contributed by atoms with van der Waals surface area (Å²) in [6.45, 7) is 2.86. The highest BCUT2D eigenvalue weighted by Gasteiger charge is 2.10. The quantitative estimate of drug-likeness (QED) is 0.906. The van der Waals surface area contributed by atoms with E-state index in [1.54, 1.807) is 7.11 Å².